The third-order valence-corrected chi connectivity index (χ3v) is 4.57. The highest BCUT2D eigenvalue weighted by Gasteiger charge is 2.20. The van der Waals surface area contributed by atoms with Crippen LogP contribution in [0.25, 0.3) is 0 Å². The maximum atomic E-state index is 12.3. The molecule has 2 aromatic carbocycles. The van der Waals surface area contributed by atoms with Crippen molar-refractivity contribution in [2.75, 3.05) is 11.6 Å². The van der Waals surface area contributed by atoms with Gasteiger partial charge in [0.05, 0.1) is 12.3 Å². The summed E-state index contributed by atoms with van der Waals surface area (Å²) in [6.07, 6.45) is 0.920. The molecule has 0 unspecified atom stereocenters. The molecule has 2 N–H and O–H groups in total. The molecule has 134 valence electrons. The van der Waals surface area contributed by atoms with Gasteiger partial charge in [0.2, 0.25) is 15.9 Å². The summed E-state index contributed by atoms with van der Waals surface area (Å²) in [6, 6.07) is 10.5. The minimum absolute atomic E-state index is 0.112. The molecule has 5 nitrogen and oxygen atoms in total. The van der Waals surface area contributed by atoms with E-state index in [9.17, 15) is 13.2 Å². The number of carbonyl (C=O) groups is 1. The summed E-state index contributed by atoms with van der Waals surface area (Å²) >= 11 is 17.6. The zero-order valence-corrected chi connectivity index (χ0v) is 16.2. The highest BCUT2D eigenvalue weighted by Crippen LogP contribution is 2.24. The largest absolute Gasteiger partial charge is 0.326 e. The zero-order chi connectivity index (χ0) is 18.6. The van der Waals surface area contributed by atoms with E-state index in [1.807, 2.05) is 0 Å². The summed E-state index contributed by atoms with van der Waals surface area (Å²) in [5, 5.41) is 3.93. The number of nitrogens with one attached hydrogen (secondary N) is 2. The maximum absolute atomic E-state index is 12.3. The predicted molar refractivity (Wildman–Crippen MR) is 102 cm³/mol. The van der Waals surface area contributed by atoms with E-state index in [4.69, 9.17) is 34.8 Å². The number of amides is 1. The molecular formula is C16H15Cl3N2O3S. The van der Waals surface area contributed by atoms with Crippen LogP contribution in [0.5, 0.6) is 0 Å². The first-order valence-electron chi connectivity index (χ1n) is 7.11. The predicted octanol–water partition coefficient (Wildman–Crippen LogP) is 4.27. The first-order valence-corrected chi connectivity index (χ1v) is 10.1. The van der Waals surface area contributed by atoms with E-state index < -0.39 is 22.0 Å². The summed E-state index contributed by atoms with van der Waals surface area (Å²) in [5.41, 5.74) is 1.05. The maximum Gasteiger partial charge on any atom is 0.226 e. The van der Waals surface area contributed by atoms with Gasteiger partial charge >= 0.3 is 0 Å². The lowest BCUT2D eigenvalue weighted by molar-refractivity contribution is -0.116. The van der Waals surface area contributed by atoms with Crippen LogP contribution in [-0.2, 0) is 14.8 Å². The number of anilines is 1. The molecule has 0 spiro atoms. The third kappa shape index (κ3) is 6.84. The molecule has 0 aliphatic heterocycles. The lowest BCUT2D eigenvalue weighted by Crippen LogP contribution is -2.30. The monoisotopic (exact) mass is 420 g/mol. The minimum atomic E-state index is -3.52. The Hall–Kier alpha value is -1.31. The topological polar surface area (TPSA) is 75.3 Å². The van der Waals surface area contributed by atoms with Crippen LogP contribution in [0, 0.1) is 0 Å². The second-order valence-corrected chi connectivity index (χ2v) is 8.49. The van der Waals surface area contributed by atoms with E-state index in [2.05, 4.69) is 10.0 Å². The molecule has 2 aromatic rings. The van der Waals surface area contributed by atoms with Gasteiger partial charge in [-0.05, 0) is 35.9 Å². The van der Waals surface area contributed by atoms with Crippen molar-refractivity contribution in [3.05, 3.63) is 63.1 Å². The van der Waals surface area contributed by atoms with Gasteiger partial charge in [0.15, 0.2) is 0 Å². The van der Waals surface area contributed by atoms with Crippen LogP contribution in [0.15, 0.2) is 42.5 Å². The molecule has 0 saturated heterocycles. The number of halogens is 3. The summed E-state index contributed by atoms with van der Waals surface area (Å²) in [7, 11) is -3.52. The molecule has 1 amide bonds. The normalized spacial score (nSPS) is 12.6. The van der Waals surface area contributed by atoms with Crippen molar-refractivity contribution >= 4 is 56.4 Å². The Labute approximate surface area is 161 Å². The molecule has 0 heterocycles. The Balaban J connectivity index is 2.17. The summed E-state index contributed by atoms with van der Waals surface area (Å²) < 4.78 is 25.7. The van der Waals surface area contributed by atoms with E-state index in [0.717, 1.165) is 6.26 Å². The first-order chi connectivity index (χ1) is 11.6. The molecular weight excluding hydrogens is 407 g/mol. The smallest absolute Gasteiger partial charge is 0.226 e. The van der Waals surface area contributed by atoms with Crippen LogP contribution >= 0.6 is 34.8 Å². The third-order valence-electron chi connectivity index (χ3n) is 3.16. The van der Waals surface area contributed by atoms with Crippen LogP contribution in [0.2, 0.25) is 15.1 Å². The second kappa shape index (κ2) is 8.38. The molecule has 0 aliphatic rings. The van der Waals surface area contributed by atoms with E-state index in [1.165, 1.54) is 0 Å². The van der Waals surface area contributed by atoms with Crippen LogP contribution in [0.4, 0.5) is 5.69 Å². The Morgan fingerprint density at radius 2 is 1.56 bits per heavy atom. The summed E-state index contributed by atoms with van der Waals surface area (Å²) in [6.45, 7) is 0. The number of hydrogen-bond donors (Lipinski definition) is 2. The zero-order valence-electron chi connectivity index (χ0n) is 13.1. The molecule has 9 heteroatoms. The molecule has 25 heavy (non-hydrogen) atoms. The molecule has 0 radical (unpaired) electrons. The molecule has 0 aliphatic carbocycles. The quantitative estimate of drug-likeness (QED) is 0.731. The van der Waals surface area contributed by atoms with Gasteiger partial charge in [0.25, 0.3) is 0 Å². The highest BCUT2D eigenvalue weighted by atomic mass is 35.5. The molecule has 0 fully saturated rings. The Bertz CT molecular complexity index is 850. The van der Waals surface area contributed by atoms with Crippen molar-refractivity contribution in [1.29, 1.82) is 0 Å². The van der Waals surface area contributed by atoms with Gasteiger partial charge in [-0.15, -0.1) is 0 Å². The van der Waals surface area contributed by atoms with Crippen molar-refractivity contribution in [3.63, 3.8) is 0 Å². The van der Waals surface area contributed by atoms with Crippen LogP contribution in [0.3, 0.4) is 0 Å². The Morgan fingerprint density at radius 3 is 2.08 bits per heavy atom. The number of hydrogen-bond acceptors (Lipinski definition) is 3. The fourth-order valence-electron chi connectivity index (χ4n) is 2.20. The Kier molecular flexibility index (Phi) is 6.71. The molecule has 0 saturated carbocycles. The number of benzene rings is 2. The van der Waals surface area contributed by atoms with Crippen LogP contribution in [0.1, 0.15) is 18.0 Å². The van der Waals surface area contributed by atoms with Crippen molar-refractivity contribution in [1.82, 2.24) is 4.72 Å². The standard InChI is InChI=1S/C16H15Cl3N2O3S/c1-25(23,24)21-15(10-2-4-11(17)5-3-10)9-16(22)20-14-7-12(18)6-13(19)8-14/h2-8,15,21H,9H2,1H3,(H,20,22)/t15-/m1/s1. The molecule has 2 rings (SSSR count). The average molecular weight is 422 g/mol. The second-order valence-electron chi connectivity index (χ2n) is 5.40. The summed E-state index contributed by atoms with van der Waals surface area (Å²) in [5.74, 6) is -0.394. The van der Waals surface area contributed by atoms with Gasteiger partial charge in [0, 0.05) is 27.2 Å². The lowest BCUT2D eigenvalue weighted by atomic mass is 10.0. The van der Waals surface area contributed by atoms with E-state index in [0.29, 0.717) is 26.3 Å². The SMILES string of the molecule is CS(=O)(=O)N[C@H](CC(=O)Nc1cc(Cl)cc(Cl)c1)c1ccc(Cl)cc1. The fraction of sp³-hybridized carbons (Fsp3) is 0.188. The van der Waals surface area contributed by atoms with Gasteiger partial charge in [0.1, 0.15) is 0 Å². The van der Waals surface area contributed by atoms with Crippen molar-refractivity contribution in [2.45, 2.75) is 12.5 Å². The van der Waals surface area contributed by atoms with Gasteiger partial charge in [-0.1, -0.05) is 46.9 Å². The van der Waals surface area contributed by atoms with Crippen LogP contribution < -0.4 is 10.0 Å². The molecule has 0 aromatic heterocycles. The Morgan fingerprint density at radius 1 is 1.00 bits per heavy atom. The number of carbonyl (C=O) groups excluding carboxylic acids is 1. The van der Waals surface area contributed by atoms with Gasteiger partial charge in [-0.3, -0.25) is 4.79 Å². The van der Waals surface area contributed by atoms with Crippen molar-refractivity contribution < 1.29 is 13.2 Å². The highest BCUT2D eigenvalue weighted by molar-refractivity contribution is 7.88. The van der Waals surface area contributed by atoms with Gasteiger partial charge < -0.3 is 5.32 Å². The number of rotatable bonds is 6. The van der Waals surface area contributed by atoms with E-state index in [1.54, 1.807) is 42.5 Å². The lowest BCUT2D eigenvalue weighted by Gasteiger charge is -2.18. The van der Waals surface area contributed by atoms with Crippen LogP contribution in [-0.4, -0.2) is 20.6 Å². The number of sulfonamides is 1. The van der Waals surface area contributed by atoms with E-state index in [-0.39, 0.29) is 6.42 Å². The minimum Gasteiger partial charge on any atom is -0.326 e. The van der Waals surface area contributed by atoms with Crippen molar-refractivity contribution in [3.8, 4) is 0 Å². The molecule has 1 atom stereocenters. The summed E-state index contributed by atoms with van der Waals surface area (Å²) in [4.78, 5) is 12.3. The average Bonchev–Trinajstić information content (AvgIpc) is 2.44. The van der Waals surface area contributed by atoms with E-state index >= 15 is 0 Å². The van der Waals surface area contributed by atoms with Gasteiger partial charge in [-0.2, -0.15) is 0 Å². The van der Waals surface area contributed by atoms with Gasteiger partial charge in [-0.25, -0.2) is 13.1 Å². The van der Waals surface area contributed by atoms with Crippen molar-refractivity contribution in [2.24, 2.45) is 0 Å². The fourth-order valence-corrected chi connectivity index (χ4v) is 3.59. The first kappa shape index (κ1) is 20.0. The molecule has 0 bridgehead atoms.